The lowest BCUT2D eigenvalue weighted by Gasteiger charge is -2.07. The average Bonchev–Trinajstić information content (AvgIpc) is 2.52. The Hall–Kier alpha value is -0.830. The predicted octanol–water partition coefficient (Wildman–Crippen LogP) is 1.34. The summed E-state index contributed by atoms with van der Waals surface area (Å²) in [7, 11) is 1.99. The summed E-state index contributed by atoms with van der Waals surface area (Å²) in [5.41, 5.74) is 6.85. The third kappa shape index (κ3) is 3.19. The number of hydrogen-bond donors (Lipinski definition) is 1. The highest BCUT2D eigenvalue weighted by atomic mass is 15.2. The molecular weight excluding hydrogens is 162 g/mol. The fraction of sp³-hybridized carbons (Fsp3) is 0.700. The van der Waals surface area contributed by atoms with E-state index in [1.165, 1.54) is 18.5 Å². The molecule has 1 aromatic heterocycles. The predicted molar refractivity (Wildman–Crippen MR) is 54.4 cm³/mol. The Kier molecular flexibility index (Phi) is 3.96. The Morgan fingerprint density at radius 3 is 2.92 bits per heavy atom. The molecule has 0 aliphatic carbocycles. The third-order valence-electron chi connectivity index (χ3n) is 2.45. The number of nitrogens with zero attached hydrogens (tertiary/aromatic N) is 2. The van der Waals surface area contributed by atoms with Crippen LogP contribution < -0.4 is 5.73 Å². The van der Waals surface area contributed by atoms with Crippen molar-refractivity contribution < 1.29 is 0 Å². The van der Waals surface area contributed by atoms with Gasteiger partial charge < -0.3 is 5.73 Å². The summed E-state index contributed by atoms with van der Waals surface area (Å²) >= 11 is 0. The molecule has 0 saturated carbocycles. The zero-order valence-electron chi connectivity index (χ0n) is 8.53. The van der Waals surface area contributed by atoms with Gasteiger partial charge in [-0.3, -0.25) is 4.68 Å². The van der Waals surface area contributed by atoms with Gasteiger partial charge in [0.05, 0.1) is 0 Å². The summed E-state index contributed by atoms with van der Waals surface area (Å²) in [6, 6.07) is 2.08. The van der Waals surface area contributed by atoms with Crippen molar-refractivity contribution in [3.8, 4) is 0 Å². The van der Waals surface area contributed by atoms with Crippen molar-refractivity contribution in [2.45, 2.75) is 26.2 Å². The standard InChI is InChI=1S/C10H19N3/c1-9(8-11)4-3-5-10-6-7-12-13(10)2/h6-7,9H,3-5,8,11H2,1-2H3. The molecule has 1 heterocycles. The molecule has 1 rings (SSSR count). The zero-order valence-corrected chi connectivity index (χ0v) is 8.53. The minimum absolute atomic E-state index is 0.647. The zero-order chi connectivity index (χ0) is 9.68. The molecule has 0 fully saturated rings. The Morgan fingerprint density at radius 2 is 2.38 bits per heavy atom. The summed E-state index contributed by atoms with van der Waals surface area (Å²) < 4.78 is 1.94. The van der Waals surface area contributed by atoms with Gasteiger partial charge in [-0.2, -0.15) is 5.10 Å². The minimum atomic E-state index is 0.647. The third-order valence-corrected chi connectivity index (χ3v) is 2.45. The topological polar surface area (TPSA) is 43.8 Å². The van der Waals surface area contributed by atoms with E-state index in [2.05, 4.69) is 18.1 Å². The van der Waals surface area contributed by atoms with E-state index in [1.807, 2.05) is 17.9 Å². The molecule has 0 aliphatic heterocycles. The number of nitrogens with two attached hydrogens (primary N) is 1. The van der Waals surface area contributed by atoms with Crippen molar-refractivity contribution in [2.75, 3.05) is 6.54 Å². The maximum absolute atomic E-state index is 5.54. The molecule has 1 atom stereocenters. The van der Waals surface area contributed by atoms with Gasteiger partial charge in [-0.1, -0.05) is 6.92 Å². The summed E-state index contributed by atoms with van der Waals surface area (Å²) in [4.78, 5) is 0. The highest BCUT2D eigenvalue weighted by molar-refractivity contribution is 4.99. The van der Waals surface area contributed by atoms with Crippen LogP contribution in [0.3, 0.4) is 0 Å². The first-order valence-corrected chi connectivity index (χ1v) is 4.91. The van der Waals surface area contributed by atoms with Crippen LogP contribution in [0.15, 0.2) is 12.3 Å². The summed E-state index contributed by atoms with van der Waals surface area (Å²) in [5.74, 6) is 0.647. The van der Waals surface area contributed by atoms with Crippen LogP contribution >= 0.6 is 0 Å². The van der Waals surface area contributed by atoms with Crippen molar-refractivity contribution >= 4 is 0 Å². The lowest BCUT2D eigenvalue weighted by Crippen LogP contribution is -2.11. The van der Waals surface area contributed by atoms with E-state index in [0.29, 0.717) is 5.92 Å². The van der Waals surface area contributed by atoms with E-state index in [0.717, 1.165) is 13.0 Å². The highest BCUT2D eigenvalue weighted by Gasteiger charge is 2.01. The Bertz CT molecular complexity index is 242. The second kappa shape index (κ2) is 5.02. The fourth-order valence-electron chi connectivity index (χ4n) is 1.40. The van der Waals surface area contributed by atoms with Gasteiger partial charge in [0.25, 0.3) is 0 Å². The molecule has 0 amide bonds. The van der Waals surface area contributed by atoms with E-state index in [1.54, 1.807) is 0 Å². The highest BCUT2D eigenvalue weighted by Crippen LogP contribution is 2.08. The molecule has 3 nitrogen and oxygen atoms in total. The van der Waals surface area contributed by atoms with Gasteiger partial charge >= 0.3 is 0 Å². The maximum Gasteiger partial charge on any atom is 0.0492 e. The van der Waals surface area contributed by atoms with E-state index >= 15 is 0 Å². The Labute approximate surface area is 79.9 Å². The van der Waals surface area contributed by atoms with Gasteiger partial charge in [0.1, 0.15) is 0 Å². The monoisotopic (exact) mass is 181 g/mol. The van der Waals surface area contributed by atoms with Gasteiger partial charge in [-0.25, -0.2) is 0 Å². The van der Waals surface area contributed by atoms with Crippen molar-refractivity contribution in [3.05, 3.63) is 18.0 Å². The SMILES string of the molecule is CC(CN)CCCc1ccnn1C. The molecule has 0 spiro atoms. The molecule has 0 bridgehead atoms. The summed E-state index contributed by atoms with van der Waals surface area (Å²) in [5, 5.41) is 4.13. The molecule has 0 aromatic carbocycles. The Balaban J connectivity index is 2.24. The second-order valence-electron chi connectivity index (χ2n) is 3.68. The molecule has 0 radical (unpaired) electrons. The van der Waals surface area contributed by atoms with Crippen LogP contribution in [-0.2, 0) is 13.5 Å². The molecule has 0 aliphatic rings. The second-order valence-corrected chi connectivity index (χ2v) is 3.68. The van der Waals surface area contributed by atoms with E-state index in [9.17, 15) is 0 Å². The molecule has 0 saturated heterocycles. The van der Waals surface area contributed by atoms with Crippen molar-refractivity contribution in [2.24, 2.45) is 18.7 Å². The van der Waals surface area contributed by atoms with Crippen molar-refractivity contribution in [1.82, 2.24) is 9.78 Å². The fourth-order valence-corrected chi connectivity index (χ4v) is 1.40. The lowest BCUT2D eigenvalue weighted by atomic mass is 10.0. The first-order chi connectivity index (χ1) is 6.24. The van der Waals surface area contributed by atoms with Crippen LogP contribution in [-0.4, -0.2) is 16.3 Å². The average molecular weight is 181 g/mol. The molecule has 1 aromatic rings. The molecule has 1 unspecified atom stereocenters. The molecule has 2 N–H and O–H groups in total. The van der Waals surface area contributed by atoms with Crippen LogP contribution in [0.5, 0.6) is 0 Å². The lowest BCUT2D eigenvalue weighted by molar-refractivity contribution is 0.513. The van der Waals surface area contributed by atoms with Crippen molar-refractivity contribution in [3.63, 3.8) is 0 Å². The van der Waals surface area contributed by atoms with Crippen LogP contribution in [0.4, 0.5) is 0 Å². The van der Waals surface area contributed by atoms with Gasteiger partial charge in [-0.15, -0.1) is 0 Å². The van der Waals surface area contributed by atoms with Gasteiger partial charge in [-0.05, 0) is 37.8 Å². The molecular formula is C10H19N3. The summed E-state index contributed by atoms with van der Waals surface area (Å²) in [6.45, 7) is 2.99. The number of aryl methyl sites for hydroxylation is 2. The van der Waals surface area contributed by atoms with Crippen LogP contribution in [0.2, 0.25) is 0 Å². The smallest absolute Gasteiger partial charge is 0.0492 e. The molecule has 13 heavy (non-hydrogen) atoms. The van der Waals surface area contributed by atoms with Crippen LogP contribution in [0.1, 0.15) is 25.5 Å². The number of hydrogen-bond acceptors (Lipinski definition) is 2. The maximum atomic E-state index is 5.54. The summed E-state index contributed by atoms with van der Waals surface area (Å²) in [6.07, 6.45) is 5.38. The largest absolute Gasteiger partial charge is 0.330 e. The first-order valence-electron chi connectivity index (χ1n) is 4.91. The van der Waals surface area contributed by atoms with E-state index in [4.69, 9.17) is 5.73 Å². The van der Waals surface area contributed by atoms with Crippen LogP contribution in [0.25, 0.3) is 0 Å². The number of rotatable bonds is 5. The quantitative estimate of drug-likeness (QED) is 0.745. The van der Waals surface area contributed by atoms with Gasteiger partial charge in [0.15, 0.2) is 0 Å². The minimum Gasteiger partial charge on any atom is -0.330 e. The van der Waals surface area contributed by atoms with Gasteiger partial charge in [0, 0.05) is 18.9 Å². The van der Waals surface area contributed by atoms with Crippen molar-refractivity contribution in [1.29, 1.82) is 0 Å². The van der Waals surface area contributed by atoms with E-state index < -0.39 is 0 Å². The normalized spacial score (nSPS) is 13.2. The number of aromatic nitrogens is 2. The first kappa shape index (κ1) is 10.3. The molecule has 74 valence electrons. The van der Waals surface area contributed by atoms with E-state index in [-0.39, 0.29) is 0 Å². The van der Waals surface area contributed by atoms with Gasteiger partial charge in [0.2, 0.25) is 0 Å². The Morgan fingerprint density at radius 1 is 1.62 bits per heavy atom. The van der Waals surface area contributed by atoms with Crippen LogP contribution in [0, 0.1) is 5.92 Å². The molecule has 3 heteroatoms.